The molecule has 0 amide bonds. The van der Waals surface area contributed by atoms with Crippen molar-refractivity contribution in [2.45, 2.75) is 18.2 Å². The smallest absolute Gasteiger partial charge is 0.240 e. The van der Waals surface area contributed by atoms with Crippen molar-refractivity contribution in [3.63, 3.8) is 0 Å². The van der Waals surface area contributed by atoms with Crippen molar-refractivity contribution in [1.82, 2.24) is 14.5 Å². The Morgan fingerprint density at radius 2 is 1.92 bits per heavy atom. The molecule has 0 bridgehead atoms. The summed E-state index contributed by atoms with van der Waals surface area (Å²) in [5.41, 5.74) is 2.75. The van der Waals surface area contributed by atoms with Crippen LogP contribution >= 0.6 is 15.9 Å². The van der Waals surface area contributed by atoms with Gasteiger partial charge in [-0.25, -0.2) is 17.8 Å². The fourth-order valence-electron chi connectivity index (χ4n) is 2.51. The lowest BCUT2D eigenvalue weighted by atomic mass is 10.1. The van der Waals surface area contributed by atoms with Gasteiger partial charge in [-0.05, 0) is 54.8 Å². The summed E-state index contributed by atoms with van der Waals surface area (Å²) in [6.45, 7) is 2.13. The van der Waals surface area contributed by atoms with E-state index in [0.29, 0.717) is 17.9 Å². The number of nitrogens with one attached hydrogen (secondary N) is 1. The number of aryl methyl sites for hydroxylation is 1. The molecule has 0 atom stereocenters. The molecule has 5 nitrogen and oxygen atoms in total. The molecule has 0 unspecified atom stereocenters. The maximum absolute atomic E-state index is 12.5. The minimum Gasteiger partial charge on any atom is -0.241 e. The van der Waals surface area contributed by atoms with Gasteiger partial charge < -0.3 is 0 Å². The van der Waals surface area contributed by atoms with Crippen molar-refractivity contribution in [2.24, 2.45) is 0 Å². The molecule has 0 fully saturated rings. The number of benzene rings is 2. The van der Waals surface area contributed by atoms with Gasteiger partial charge in [-0.1, -0.05) is 34.1 Å². The highest BCUT2D eigenvalue weighted by atomic mass is 79.9. The van der Waals surface area contributed by atoms with Crippen molar-refractivity contribution in [2.75, 3.05) is 6.54 Å². The van der Waals surface area contributed by atoms with E-state index in [0.717, 1.165) is 21.3 Å². The Balaban J connectivity index is 1.63. The van der Waals surface area contributed by atoms with E-state index in [4.69, 9.17) is 0 Å². The number of aromatic nitrogens is 2. The number of hydrogen-bond donors (Lipinski definition) is 1. The number of sulfonamides is 1. The van der Waals surface area contributed by atoms with Crippen molar-refractivity contribution < 1.29 is 8.42 Å². The molecule has 0 aliphatic carbocycles. The summed E-state index contributed by atoms with van der Waals surface area (Å²) < 4.78 is 30.1. The summed E-state index contributed by atoms with van der Waals surface area (Å²) in [5.74, 6) is 0. The second-order valence-corrected chi connectivity index (χ2v) is 8.33. The van der Waals surface area contributed by atoms with Gasteiger partial charge in [0.1, 0.15) is 0 Å². The molecule has 1 heterocycles. The molecule has 0 aliphatic rings. The third kappa shape index (κ3) is 4.36. The van der Waals surface area contributed by atoms with E-state index in [2.05, 4.69) is 25.8 Å². The molecule has 0 radical (unpaired) electrons. The molecule has 25 heavy (non-hydrogen) atoms. The molecule has 0 saturated heterocycles. The highest BCUT2D eigenvalue weighted by Crippen LogP contribution is 2.20. The quantitative estimate of drug-likeness (QED) is 0.665. The second kappa shape index (κ2) is 7.51. The maximum atomic E-state index is 12.5. The van der Waals surface area contributed by atoms with Crippen LogP contribution in [0.25, 0.3) is 5.69 Å². The molecule has 0 spiro atoms. The number of halogens is 1. The first-order valence-electron chi connectivity index (χ1n) is 7.80. The van der Waals surface area contributed by atoms with E-state index in [1.807, 2.05) is 42.6 Å². The van der Waals surface area contributed by atoms with Crippen LogP contribution < -0.4 is 4.72 Å². The summed E-state index contributed by atoms with van der Waals surface area (Å²) in [5, 5.41) is 4.18. The van der Waals surface area contributed by atoms with Gasteiger partial charge in [0.2, 0.25) is 10.0 Å². The standard InChI is InChI=1S/C18H18BrN3O2S/c1-14-3-6-16(19)13-18(14)25(23,24)21-11-9-15-4-7-17(8-5-15)22-12-2-10-20-22/h2-8,10,12-13,21H,9,11H2,1H3. The molecule has 1 aromatic heterocycles. The molecule has 0 aliphatic heterocycles. The van der Waals surface area contributed by atoms with Gasteiger partial charge in [-0.2, -0.15) is 5.10 Å². The van der Waals surface area contributed by atoms with Gasteiger partial charge in [0.25, 0.3) is 0 Å². The average Bonchev–Trinajstić information content (AvgIpc) is 3.12. The lowest BCUT2D eigenvalue weighted by Gasteiger charge is -2.10. The Morgan fingerprint density at radius 1 is 1.16 bits per heavy atom. The summed E-state index contributed by atoms with van der Waals surface area (Å²) in [6, 6.07) is 15.0. The third-order valence-electron chi connectivity index (χ3n) is 3.85. The van der Waals surface area contributed by atoms with Crippen LogP contribution in [0.1, 0.15) is 11.1 Å². The van der Waals surface area contributed by atoms with Crippen LogP contribution in [-0.4, -0.2) is 24.7 Å². The molecule has 130 valence electrons. The van der Waals surface area contributed by atoms with Crippen molar-refractivity contribution in [3.8, 4) is 5.69 Å². The Hall–Kier alpha value is -1.96. The normalized spacial score (nSPS) is 11.6. The van der Waals surface area contributed by atoms with E-state index in [1.54, 1.807) is 29.9 Å². The topological polar surface area (TPSA) is 64.0 Å². The second-order valence-electron chi connectivity index (χ2n) is 5.67. The fourth-order valence-corrected chi connectivity index (χ4v) is 4.32. The molecule has 3 aromatic rings. The third-order valence-corrected chi connectivity index (χ3v) is 5.95. The van der Waals surface area contributed by atoms with Crippen LogP contribution in [0.15, 0.2) is 70.3 Å². The van der Waals surface area contributed by atoms with E-state index in [9.17, 15) is 8.42 Å². The van der Waals surface area contributed by atoms with Gasteiger partial charge in [0.15, 0.2) is 0 Å². The van der Waals surface area contributed by atoms with E-state index < -0.39 is 10.0 Å². The zero-order chi connectivity index (χ0) is 17.9. The SMILES string of the molecule is Cc1ccc(Br)cc1S(=O)(=O)NCCc1ccc(-n2cccn2)cc1. The predicted octanol–water partition coefficient (Wildman–Crippen LogP) is 3.46. The Bertz CT molecular complexity index is 952. The van der Waals surface area contributed by atoms with Crippen molar-refractivity contribution >= 4 is 26.0 Å². The predicted molar refractivity (Wildman–Crippen MR) is 101 cm³/mol. The number of nitrogens with zero attached hydrogens (tertiary/aromatic N) is 2. The molecular weight excluding hydrogens is 402 g/mol. The van der Waals surface area contributed by atoms with E-state index in [-0.39, 0.29) is 0 Å². The lowest BCUT2D eigenvalue weighted by Crippen LogP contribution is -2.26. The Kier molecular flexibility index (Phi) is 5.36. The molecule has 3 rings (SSSR count). The summed E-state index contributed by atoms with van der Waals surface area (Å²) in [7, 11) is -3.52. The van der Waals surface area contributed by atoms with E-state index >= 15 is 0 Å². The van der Waals surface area contributed by atoms with Crippen LogP contribution in [0.5, 0.6) is 0 Å². The summed E-state index contributed by atoms with van der Waals surface area (Å²) in [6.07, 6.45) is 4.22. The lowest BCUT2D eigenvalue weighted by molar-refractivity contribution is 0.581. The monoisotopic (exact) mass is 419 g/mol. The number of hydrogen-bond acceptors (Lipinski definition) is 3. The zero-order valence-electron chi connectivity index (χ0n) is 13.7. The minimum atomic E-state index is -3.52. The summed E-state index contributed by atoms with van der Waals surface area (Å²) in [4.78, 5) is 0.302. The Morgan fingerprint density at radius 3 is 2.60 bits per heavy atom. The highest BCUT2D eigenvalue weighted by Gasteiger charge is 2.16. The molecule has 2 aromatic carbocycles. The molecule has 1 N–H and O–H groups in total. The average molecular weight is 420 g/mol. The van der Waals surface area contributed by atoms with Crippen LogP contribution in [0.2, 0.25) is 0 Å². The maximum Gasteiger partial charge on any atom is 0.240 e. The van der Waals surface area contributed by atoms with E-state index in [1.165, 1.54) is 0 Å². The van der Waals surface area contributed by atoms with Gasteiger partial charge in [0, 0.05) is 23.4 Å². The van der Waals surface area contributed by atoms with Crippen LogP contribution in [0.4, 0.5) is 0 Å². The molecule has 0 saturated carbocycles. The van der Waals surface area contributed by atoms with Crippen LogP contribution in [0.3, 0.4) is 0 Å². The van der Waals surface area contributed by atoms with Crippen LogP contribution in [-0.2, 0) is 16.4 Å². The molecular formula is C18H18BrN3O2S. The largest absolute Gasteiger partial charge is 0.241 e. The first-order valence-corrected chi connectivity index (χ1v) is 10.1. The van der Waals surface area contributed by atoms with Gasteiger partial charge in [-0.15, -0.1) is 0 Å². The molecule has 7 heteroatoms. The zero-order valence-corrected chi connectivity index (χ0v) is 16.1. The van der Waals surface area contributed by atoms with Gasteiger partial charge in [-0.3, -0.25) is 0 Å². The first-order chi connectivity index (χ1) is 12.0. The van der Waals surface area contributed by atoms with Gasteiger partial charge in [0.05, 0.1) is 10.6 Å². The van der Waals surface area contributed by atoms with Gasteiger partial charge >= 0.3 is 0 Å². The number of rotatable bonds is 6. The summed E-state index contributed by atoms with van der Waals surface area (Å²) >= 11 is 3.32. The minimum absolute atomic E-state index is 0.302. The van der Waals surface area contributed by atoms with Crippen molar-refractivity contribution in [1.29, 1.82) is 0 Å². The first kappa shape index (κ1) is 17.8. The van der Waals surface area contributed by atoms with Crippen LogP contribution in [0, 0.1) is 6.92 Å². The highest BCUT2D eigenvalue weighted by molar-refractivity contribution is 9.10. The van der Waals surface area contributed by atoms with Crippen molar-refractivity contribution in [3.05, 3.63) is 76.5 Å². The fraction of sp³-hybridized carbons (Fsp3) is 0.167. The Labute approximate surface area is 155 Å².